The number of carboxylic acids is 1. The number of ether oxygens (including phenoxy) is 1. The maximum absolute atomic E-state index is 11.4. The van der Waals surface area contributed by atoms with Crippen LogP contribution < -0.4 is 4.74 Å². The summed E-state index contributed by atoms with van der Waals surface area (Å²) in [6, 6.07) is 7.65. The van der Waals surface area contributed by atoms with Crippen molar-refractivity contribution < 1.29 is 14.6 Å². The highest BCUT2D eigenvalue weighted by molar-refractivity contribution is 5.70. The summed E-state index contributed by atoms with van der Waals surface area (Å²) in [4.78, 5) is 11.4. The lowest BCUT2D eigenvalue weighted by Crippen LogP contribution is -2.20. The van der Waals surface area contributed by atoms with E-state index in [0.29, 0.717) is 12.3 Å². The number of rotatable bonds is 8. The summed E-state index contributed by atoms with van der Waals surface area (Å²) in [5, 5.41) is 9.35. The van der Waals surface area contributed by atoms with Gasteiger partial charge in [-0.1, -0.05) is 38.8 Å². The molecule has 1 aromatic rings. The lowest BCUT2D eigenvalue weighted by Gasteiger charge is -2.18. The minimum Gasteiger partial charge on any atom is -0.497 e. The molecule has 19 heavy (non-hydrogen) atoms. The van der Waals surface area contributed by atoms with Crippen molar-refractivity contribution in [3.63, 3.8) is 0 Å². The van der Waals surface area contributed by atoms with E-state index in [0.717, 1.165) is 30.6 Å². The van der Waals surface area contributed by atoms with Gasteiger partial charge in [-0.2, -0.15) is 0 Å². The summed E-state index contributed by atoms with van der Waals surface area (Å²) < 4.78 is 5.10. The van der Waals surface area contributed by atoms with Crippen LogP contribution >= 0.6 is 0 Å². The number of carboxylic acid groups (broad SMARTS) is 1. The second-order valence-electron chi connectivity index (χ2n) is 5.01. The van der Waals surface area contributed by atoms with Gasteiger partial charge in [-0.25, -0.2) is 0 Å². The third kappa shape index (κ3) is 4.93. The summed E-state index contributed by atoms with van der Waals surface area (Å²) >= 11 is 0. The van der Waals surface area contributed by atoms with Crippen molar-refractivity contribution in [3.05, 3.63) is 29.8 Å². The zero-order chi connectivity index (χ0) is 14.3. The topological polar surface area (TPSA) is 46.5 Å². The van der Waals surface area contributed by atoms with Crippen LogP contribution in [0.3, 0.4) is 0 Å². The van der Waals surface area contributed by atoms with E-state index in [9.17, 15) is 9.90 Å². The largest absolute Gasteiger partial charge is 0.497 e. The lowest BCUT2D eigenvalue weighted by molar-refractivity contribution is -0.142. The quantitative estimate of drug-likeness (QED) is 0.777. The number of benzene rings is 1. The van der Waals surface area contributed by atoms with Crippen LogP contribution in [0, 0.1) is 11.8 Å². The van der Waals surface area contributed by atoms with E-state index in [-0.39, 0.29) is 5.92 Å². The summed E-state index contributed by atoms with van der Waals surface area (Å²) in [6.45, 7) is 4.25. The second kappa shape index (κ2) is 7.82. The molecule has 3 nitrogen and oxygen atoms in total. The van der Waals surface area contributed by atoms with Crippen molar-refractivity contribution >= 4 is 5.97 Å². The van der Waals surface area contributed by atoms with E-state index >= 15 is 0 Å². The fourth-order valence-corrected chi connectivity index (χ4v) is 2.34. The van der Waals surface area contributed by atoms with E-state index in [1.54, 1.807) is 7.11 Å². The summed E-state index contributed by atoms with van der Waals surface area (Å²) in [5.41, 5.74) is 1.05. The maximum Gasteiger partial charge on any atom is 0.306 e. The molecule has 0 radical (unpaired) electrons. The molecule has 1 atom stereocenters. The van der Waals surface area contributed by atoms with E-state index < -0.39 is 5.97 Å². The van der Waals surface area contributed by atoms with Gasteiger partial charge in [0.05, 0.1) is 13.0 Å². The Kier molecular flexibility index (Phi) is 6.40. The standard InChI is InChI=1S/C16H24O3/c1-4-12(5-2)10-14(16(17)18)11-13-6-8-15(19-3)9-7-13/h6-9,12,14H,4-5,10-11H2,1-3H3,(H,17,18). The highest BCUT2D eigenvalue weighted by atomic mass is 16.5. The van der Waals surface area contributed by atoms with Gasteiger partial charge in [0.1, 0.15) is 5.75 Å². The van der Waals surface area contributed by atoms with Crippen LogP contribution in [0.5, 0.6) is 5.75 Å². The van der Waals surface area contributed by atoms with E-state index in [4.69, 9.17) is 4.74 Å². The minimum absolute atomic E-state index is 0.293. The first-order valence-corrected chi connectivity index (χ1v) is 6.96. The molecule has 0 aliphatic carbocycles. The molecule has 1 N–H and O–H groups in total. The highest BCUT2D eigenvalue weighted by Gasteiger charge is 2.21. The first-order valence-electron chi connectivity index (χ1n) is 6.96. The Morgan fingerprint density at radius 2 is 1.79 bits per heavy atom. The first kappa shape index (κ1) is 15.5. The molecule has 0 aromatic heterocycles. The molecule has 0 bridgehead atoms. The average Bonchev–Trinajstić information content (AvgIpc) is 2.43. The van der Waals surface area contributed by atoms with Gasteiger partial charge in [-0.15, -0.1) is 0 Å². The molecule has 3 heteroatoms. The van der Waals surface area contributed by atoms with Gasteiger partial charge < -0.3 is 9.84 Å². The van der Waals surface area contributed by atoms with Gasteiger partial charge in [-0.3, -0.25) is 4.79 Å². The number of hydrogen-bond acceptors (Lipinski definition) is 2. The highest BCUT2D eigenvalue weighted by Crippen LogP contribution is 2.23. The Balaban J connectivity index is 2.69. The number of hydrogen-bond donors (Lipinski definition) is 1. The lowest BCUT2D eigenvalue weighted by atomic mass is 9.87. The van der Waals surface area contributed by atoms with Crippen LogP contribution in [-0.2, 0) is 11.2 Å². The summed E-state index contributed by atoms with van der Waals surface area (Å²) in [6.07, 6.45) is 3.44. The van der Waals surface area contributed by atoms with Crippen molar-refractivity contribution in [2.75, 3.05) is 7.11 Å². The Hall–Kier alpha value is -1.51. The smallest absolute Gasteiger partial charge is 0.306 e. The average molecular weight is 264 g/mol. The predicted octanol–water partition coefficient (Wildman–Crippen LogP) is 3.76. The Morgan fingerprint density at radius 3 is 2.21 bits per heavy atom. The Morgan fingerprint density at radius 1 is 1.21 bits per heavy atom. The normalized spacial score (nSPS) is 12.4. The molecule has 0 saturated heterocycles. The fourth-order valence-electron chi connectivity index (χ4n) is 2.34. The Bertz CT molecular complexity index is 379. The van der Waals surface area contributed by atoms with Gasteiger partial charge >= 0.3 is 5.97 Å². The number of carbonyl (C=O) groups is 1. The zero-order valence-electron chi connectivity index (χ0n) is 12.1. The van der Waals surface area contributed by atoms with E-state index in [2.05, 4.69) is 13.8 Å². The van der Waals surface area contributed by atoms with Crippen LogP contribution in [0.1, 0.15) is 38.7 Å². The van der Waals surface area contributed by atoms with Gasteiger partial charge in [0, 0.05) is 0 Å². The SMILES string of the molecule is CCC(CC)CC(Cc1ccc(OC)cc1)C(=O)O. The summed E-state index contributed by atoms with van der Waals surface area (Å²) in [5.74, 6) is 0.316. The molecule has 1 rings (SSSR count). The molecule has 1 aromatic carbocycles. The second-order valence-corrected chi connectivity index (χ2v) is 5.01. The molecular formula is C16H24O3. The van der Waals surface area contributed by atoms with Crippen molar-refractivity contribution in [3.8, 4) is 5.75 Å². The van der Waals surface area contributed by atoms with Crippen LogP contribution in [-0.4, -0.2) is 18.2 Å². The first-order chi connectivity index (χ1) is 9.10. The van der Waals surface area contributed by atoms with Crippen molar-refractivity contribution in [1.82, 2.24) is 0 Å². The molecule has 106 valence electrons. The molecule has 0 fully saturated rings. The Labute approximate surface area is 115 Å². The third-order valence-electron chi connectivity index (χ3n) is 3.76. The van der Waals surface area contributed by atoms with Gasteiger partial charge in [0.2, 0.25) is 0 Å². The predicted molar refractivity (Wildman–Crippen MR) is 76.5 cm³/mol. The number of methoxy groups -OCH3 is 1. The molecule has 0 aliphatic rings. The van der Waals surface area contributed by atoms with Gasteiger partial charge in [0.25, 0.3) is 0 Å². The van der Waals surface area contributed by atoms with E-state index in [1.807, 2.05) is 24.3 Å². The maximum atomic E-state index is 11.4. The summed E-state index contributed by atoms with van der Waals surface area (Å²) in [7, 11) is 1.63. The van der Waals surface area contributed by atoms with Crippen LogP contribution in [0.25, 0.3) is 0 Å². The van der Waals surface area contributed by atoms with Crippen molar-refractivity contribution in [2.24, 2.45) is 11.8 Å². The molecule has 0 saturated carbocycles. The molecule has 0 aliphatic heterocycles. The van der Waals surface area contributed by atoms with E-state index in [1.165, 1.54) is 0 Å². The van der Waals surface area contributed by atoms with Crippen molar-refractivity contribution in [1.29, 1.82) is 0 Å². The van der Waals surface area contributed by atoms with Gasteiger partial charge in [-0.05, 0) is 36.5 Å². The molecule has 1 unspecified atom stereocenters. The monoisotopic (exact) mass is 264 g/mol. The molecule has 0 spiro atoms. The molecule has 0 amide bonds. The fraction of sp³-hybridized carbons (Fsp3) is 0.562. The molecule has 0 heterocycles. The van der Waals surface area contributed by atoms with Gasteiger partial charge in [0.15, 0.2) is 0 Å². The third-order valence-corrected chi connectivity index (χ3v) is 3.76. The zero-order valence-corrected chi connectivity index (χ0v) is 12.1. The van der Waals surface area contributed by atoms with Crippen LogP contribution in [0.15, 0.2) is 24.3 Å². The minimum atomic E-state index is -0.692. The molecular weight excluding hydrogens is 240 g/mol. The number of aliphatic carboxylic acids is 1. The van der Waals surface area contributed by atoms with Crippen LogP contribution in [0.4, 0.5) is 0 Å². The van der Waals surface area contributed by atoms with Crippen molar-refractivity contribution in [2.45, 2.75) is 39.5 Å². The van der Waals surface area contributed by atoms with Crippen LogP contribution in [0.2, 0.25) is 0 Å².